The number of hydrogen-bond donors (Lipinski definition) is 1. The Bertz CT molecular complexity index is 566. The van der Waals surface area contributed by atoms with E-state index in [0.717, 1.165) is 5.56 Å². The van der Waals surface area contributed by atoms with Gasteiger partial charge in [-0.15, -0.1) is 0 Å². The van der Waals surface area contributed by atoms with Crippen LogP contribution < -0.4 is 5.32 Å². The van der Waals surface area contributed by atoms with Crippen LogP contribution >= 0.6 is 11.3 Å². The van der Waals surface area contributed by atoms with Crippen LogP contribution in [-0.2, 0) is 16.0 Å². The molecule has 1 aromatic carbocycles. The van der Waals surface area contributed by atoms with Gasteiger partial charge in [0.15, 0.2) is 0 Å². The normalized spacial score (nSPS) is 11.7. The summed E-state index contributed by atoms with van der Waals surface area (Å²) in [4.78, 5) is 23.9. The summed E-state index contributed by atoms with van der Waals surface area (Å²) >= 11 is 1.55. The molecule has 1 aromatic heterocycles. The monoisotopic (exact) mass is 289 g/mol. The minimum atomic E-state index is -0.678. The first kappa shape index (κ1) is 14.3. The fraction of sp³-hybridized carbons (Fsp3) is 0.200. The van der Waals surface area contributed by atoms with Gasteiger partial charge in [-0.1, -0.05) is 18.2 Å². The second-order valence-corrected chi connectivity index (χ2v) is 5.03. The topological polar surface area (TPSA) is 55.4 Å². The Morgan fingerprint density at radius 2 is 2.00 bits per heavy atom. The molecule has 0 spiro atoms. The number of carbonyl (C=O) groups is 2. The van der Waals surface area contributed by atoms with E-state index in [1.807, 2.05) is 22.9 Å². The summed E-state index contributed by atoms with van der Waals surface area (Å²) in [5.74, 6) is -0.725. The molecule has 1 unspecified atom stereocenters. The van der Waals surface area contributed by atoms with Crippen molar-refractivity contribution < 1.29 is 14.3 Å². The number of ether oxygens (including phenoxy) is 1. The number of methoxy groups -OCH3 is 1. The highest BCUT2D eigenvalue weighted by Crippen LogP contribution is 2.10. The number of carbonyl (C=O) groups excluding carboxylic acids is 2. The van der Waals surface area contributed by atoms with E-state index in [0.29, 0.717) is 12.0 Å². The molecule has 5 heteroatoms. The first-order valence-electron chi connectivity index (χ1n) is 6.15. The Kier molecular flexibility index (Phi) is 4.90. The molecule has 0 saturated carbocycles. The smallest absolute Gasteiger partial charge is 0.328 e. The van der Waals surface area contributed by atoms with Gasteiger partial charge in [-0.2, -0.15) is 11.3 Å². The van der Waals surface area contributed by atoms with Crippen molar-refractivity contribution in [1.29, 1.82) is 0 Å². The van der Waals surface area contributed by atoms with Crippen LogP contribution in [0, 0.1) is 0 Å². The first-order valence-corrected chi connectivity index (χ1v) is 7.10. The SMILES string of the molecule is COC(=O)C(Cc1ccsc1)NC(=O)c1ccccc1. The minimum Gasteiger partial charge on any atom is -0.467 e. The average Bonchev–Trinajstić information content (AvgIpc) is 2.99. The van der Waals surface area contributed by atoms with E-state index >= 15 is 0 Å². The third-order valence-electron chi connectivity index (χ3n) is 2.85. The van der Waals surface area contributed by atoms with Gasteiger partial charge in [0.1, 0.15) is 6.04 Å². The Labute approximate surface area is 121 Å². The van der Waals surface area contributed by atoms with Gasteiger partial charge in [0.2, 0.25) is 0 Å². The van der Waals surface area contributed by atoms with Gasteiger partial charge in [0.25, 0.3) is 5.91 Å². The van der Waals surface area contributed by atoms with Crippen LogP contribution in [-0.4, -0.2) is 25.0 Å². The van der Waals surface area contributed by atoms with E-state index in [1.54, 1.807) is 35.6 Å². The maximum absolute atomic E-state index is 12.1. The number of thiophene rings is 1. The lowest BCUT2D eigenvalue weighted by Gasteiger charge is -2.16. The number of benzene rings is 1. The largest absolute Gasteiger partial charge is 0.467 e. The zero-order chi connectivity index (χ0) is 14.4. The summed E-state index contributed by atoms with van der Waals surface area (Å²) in [5.41, 5.74) is 1.52. The molecule has 1 N–H and O–H groups in total. The lowest BCUT2D eigenvalue weighted by atomic mass is 10.1. The fourth-order valence-corrected chi connectivity index (χ4v) is 2.49. The molecule has 0 saturated heterocycles. The van der Waals surface area contributed by atoms with E-state index in [-0.39, 0.29) is 5.91 Å². The van der Waals surface area contributed by atoms with Gasteiger partial charge in [-0.3, -0.25) is 4.79 Å². The van der Waals surface area contributed by atoms with Crippen LogP contribution in [0.5, 0.6) is 0 Å². The molecule has 2 rings (SSSR count). The van der Waals surface area contributed by atoms with Gasteiger partial charge >= 0.3 is 5.97 Å². The summed E-state index contributed by atoms with van der Waals surface area (Å²) in [5, 5.41) is 6.60. The number of nitrogens with one attached hydrogen (secondary N) is 1. The maximum Gasteiger partial charge on any atom is 0.328 e. The van der Waals surface area contributed by atoms with Crippen LogP contribution in [0.2, 0.25) is 0 Å². The zero-order valence-corrected chi connectivity index (χ0v) is 11.9. The molecule has 0 bridgehead atoms. The standard InChI is InChI=1S/C15H15NO3S/c1-19-15(18)13(9-11-7-8-20-10-11)16-14(17)12-5-3-2-4-6-12/h2-8,10,13H,9H2,1H3,(H,16,17). The van der Waals surface area contributed by atoms with Gasteiger partial charge in [0.05, 0.1) is 7.11 Å². The fourth-order valence-electron chi connectivity index (χ4n) is 1.81. The quantitative estimate of drug-likeness (QED) is 0.859. The van der Waals surface area contributed by atoms with Crippen molar-refractivity contribution >= 4 is 23.2 Å². The molecule has 4 nitrogen and oxygen atoms in total. The molecule has 1 amide bonds. The molecular weight excluding hydrogens is 274 g/mol. The highest BCUT2D eigenvalue weighted by molar-refractivity contribution is 7.07. The molecule has 20 heavy (non-hydrogen) atoms. The van der Waals surface area contributed by atoms with Crippen LogP contribution in [0.15, 0.2) is 47.2 Å². The predicted octanol–water partition coefficient (Wildman–Crippen LogP) is 2.26. The molecule has 1 atom stereocenters. The third-order valence-corrected chi connectivity index (χ3v) is 3.58. The zero-order valence-electron chi connectivity index (χ0n) is 11.0. The average molecular weight is 289 g/mol. The van der Waals surface area contributed by atoms with E-state index in [1.165, 1.54) is 7.11 Å². The number of esters is 1. The van der Waals surface area contributed by atoms with Crippen LogP contribution in [0.25, 0.3) is 0 Å². The Morgan fingerprint density at radius 3 is 2.60 bits per heavy atom. The van der Waals surface area contributed by atoms with Crippen molar-refractivity contribution in [3.8, 4) is 0 Å². The summed E-state index contributed by atoms with van der Waals surface area (Å²) in [6, 6.07) is 10.0. The second kappa shape index (κ2) is 6.86. The van der Waals surface area contributed by atoms with Crippen LogP contribution in [0.3, 0.4) is 0 Å². The first-order chi connectivity index (χ1) is 9.70. The molecule has 0 fully saturated rings. The summed E-state index contributed by atoms with van der Waals surface area (Å²) in [6.07, 6.45) is 0.425. The van der Waals surface area contributed by atoms with E-state index in [4.69, 9.17) is 4.74 Å². The lowest BCUT2D eigenvalue weighted by Crippen LogP contribution is -2.43. The van der Waals surface area contributed by atoms with Gasteiger partial charge in [0, 0.05) is 12.0 Å². The van der Waals surface area contributed by atoms with E-state index in [9.17, 15) is 9.59 Å². The maximum atomic E-state index is 12.1. The highest BCUT2D eigenvalue weighted by Gasteiger charge is 2.22. The number of rotatable bonds is 5. The predicted molar refractivity (Wildman–Crippen MR) is 77.7 cm³/mol. The van der Waals surface area contributed by atoms with Gasteiger partial charge in [-0.25, -0.2) is 4.79 Å². The molecule has 0 aliphatic carbocycles. The molecule has 0 radical (unpaired) electrons. The molecule has 2 aromatic rings. The van der Waals surface area contributed by atoms with Crippen molar-refractivity contribution in [2.24, 2.45) is 0 Å². The molecule has 0 aliphatic heterocycles. The van der Waals surface area contributed by atoms with Gasteiger partial charge in [-0.05, 0) is 34.5 Å². The Hall–Kier alpha value is -2.14. The van der Waals surface area contributed by atoms with Crippen molar-refractivity contribution in [3.63, 3.8) is 0 Å². The lowest BCUT2D eigenvalue weighted by molar-refractivity contribution is -0.142. The van der Waals surface area contributed by atoms with E-state index in [2.05, 4.69) is 5.32 Å². The van der Waals surface area contributed by atoms with Crippen LogP contribution in [0.1, 0.15) is 15.9 Å². The highest BCUT2D eigenvalue weighted by atomic mass is 32.1. The van der Waals surface area contributed by atoms with E-state index < -0.39 is 12.0 Å². The number of amides is 1. The van der Waals surface area contributed by atoms with Crippen molar-refractivity contribution in [3.05, 3.63) is 58.3 Å². The second-order valence-electron chi connectivity index (χ2n) is 4.25. The van der Waals surface area contributed by atoms with Crippen molar-refractivity contribution in [2.75, 3.05) is 7.11 Å². The Balaban J connectivity index is 2.08. The van der Waals surface area contributed by atoms with Gasteiger partial charge < -0.3 is 10.1 Å². The Morgan fingerprint density at radius 1 is 1.25 bits per heavy atom. The van der Waals surface area contributed by atoms with Crippen molar-refractivity contribution in [1.82, 2.24) is 5.32 Å². The third kappa shape index (κ3) is 3.68. The molecular formula is C15H15NO3S. The van der Waals surface area contributed by atoms with Crippen LogP contribution in [0.4, 0.5) is 0 Å². The summed E-state index contributed by atoms with van der Waals surface area (Å²) in [6.45, 7) is 0. The number of hydrogen-bond acceptors (Lipinski definition) is 4. The minimum absolute atomic E-state index is 0.281. The molecule has 1 heterocycles. The summed E-state index contributed by atoms with van der Waals surface area (Å²) < 4.78 is 4.75. The molecule has 104 valence electrons. The summed E-state index contributed by atoms with van der Waals surface area (Å²) in [7, 11) is 1.32. The molecule has 0 aliphatic rings. The van der Waals surface area contributed by atoms with Crippen molar-refractivity contribution in [2.45, 2.75) is 12.5 Å².